The molecule has 3 N–H and O–H groups in total. The number of hydrogen-bond acceptors (Lipinski definition) is 3. The van der Waals surface area contributed by atoms with Gasteiger partial charge in [0.2, 0.25) is 0 Å². The van der Waals surface area contributed by atoms with Crippen molar-refractivity contribution in [3.05, 3.63) is 29.8 Å². The van der Waals surface area contributed by atoms with Gasteiger partial charge in [-0.25, -0.2) is 4.79 Å². The quantitative estimate of drug-likeness (QED) is 0.690. The van der Waals surface area contributed by atoms with Crippen molar-refractivity contribution >= 4 is 11.7 Å². The molecule has 0 fully saturated rings. The summed E-state index contributed by atoms with van der Waals surface area (Å²) in [6.07, 6.45) is 1.62. The molecule has 5 heteroatoms. The van der Waals surface area contributed by atoms with Gasteiger partial charge in [-0.05, 0) is 51.3 Å². The lowest BCUT2D eigenvalue weighted by molar-refractivity contribution is 0.0657. The molecular formula is C16H26N2O3. The van der Waals surface area contributed by atoms with Gasteiger partial charge < -0.3 is 20.5 Å². The first-order chi connectivity index (χ1) is 10.0. The van der Waals surface area contributed by atoms with Crippen LogP contribution in [0.15, 0.2) is 24.3 Å². The molecule has 0 aliphatic carbocycles. The average molecular weight is 294 g/mol. The second-order valence-corrected chi connectivity index (χ2v) is 5.43. The summed E-state index contributed by atoms with van der Waals surface area (Å²) in [7, 11) is 0. The van der Waals surface area contributed by atoms with E-state index in [2.05, 4.69) is 10.6 Å². The number of carbonyl (C=O) groups is 1. The number of nitrogens with one attached hydrogen (secondary N) is 2. The highest BCUT2D eigenvalue weighted by molar-refractivity contribution is 5.89. The minimum absolute atomic E-state index is 0.0320. The van der Waals surface area contributed by atoms with E-state index in [1.807, 2.05) is 45.0 Å². The van der Waals surface area contributed by atoms with E-state index in [4.69, 9.17) is 9.84 Å². The van der Waals surface area contributed by atoms with E-state index >= 15 is 0 Å². The summed E-state index contributed by atoms with van der Waals surface area (Å²) < 4.78 is 5.54. The molecule has 5 nitrogen and oxygen atoms in total. The van der Waals surface area contributed by atoms with E-state index in [1.54, 1.807) is 0 Å². The molecule has 21 heavy (non-hydrogen) atoms. The van der Waals surface area contributed by atoms with E-state index in [0.29, 0.717) is 13.0 Å². The maximum atomic E-state index is 11.8. The van der Waals surface area contributed by atoms with Gasteiger partial charge in [0.25, 0.3) is 0 Å². The molecule has 0 bridgehead atoms. The Morgan fingerprint density at radius 2 is 2.10 bits per heavy atom. The summed E-state index contributed by atoms with van der Waals surface area (Å²) in [4.78, 5) is 11.8. The topological polar surface area (TPSA) is 70.6 Å². The Hall–Kier alpha value is -1.59. The van der Waals surface area contributed by atoms with E-state index in [1.165, 1.54) is 0 Å². The summed E-state index contributed by atoms with van der Waals surface area (Å²) >= 11 is 0. The van der Waals surface area contributed by atoms with Gasteiger partial charge in [-0.1, -0.05) is 12.1 Å². The molecule has 0 saturated heterocycles. The first-order valence-corrected chi connectivity index (χ1v) is 7.40. The lowest BCUT2D eigenvalue weighted by atomic mass is 10.2. The number of benzene rings is 1. The third-order valence-corrected chi connectivity index (χ3v) is 2.94. The molecule has 1 rings (SSSR count). The van der Waals surface area contributed by atoms with Crippen LogP contribution in [-0.4, -0.2) is 29.9 Å². The number of urea groups is 1. The molecule has 2 amide bonds. The zero-order chi connectivity index (χ0) is 15.7. The van der Waals surface area contributed by atoms with Crippen molar-refractivity contribution in [1.29, 1.82) is 0 Å². The summed E-state index contributed by atoms with van der Waals surface area (Å²) in [5, 5.41) is 14.4. The van der Waals surface area contributed by atoms with Crippen LogP contribution in [0.25, 0.3) is 0 Å². The predicted molar refractivity (Wildman–Crippen MR) is 84.3 cm³/mol. The van der Waals surface area contributed by atoms with Gasteiger partial charge in [0.05, 0.1) is 12.7 Å². The van der Waals surface area contributed by atoms with Crippen LogP contribution in [0.2, 0.25) is 0 Å². The third kappa shape index (κ3) is 7.68. The van der Waals surface area contributed by atoms with Crippen molar-refractivity contribution in [3.63, 3.8) is 0 Å². The SMILES string of the molecule is CC(CCCO)NC(=O)Nc1cccc(COC(C)C)c1. The second-order valence-electron chi connectivity index (χ2n) is 5.43. The number of aliphatic hydroxyl groups is 1. The van der Waals surface area contributed by atoms with Crippen LogP contribution in [0, 0.1) is 0 Å². The van der Waals surface area contributed by atoms with Crippen LogP contribution in [0.4, 0.5) is 10.5 Å². The van der Waals surface area contributed by atoms with Crippen LogP contribution in [0.3, 0.4) is 0 Å². The minimum atomic E-state index is -0.234. The van der Waals surface area contributed by atoms with Gasteiger partial charge in [0, 0.05) is 18.3 Å². The fourth-order valence-electron chi connectivity index (χ4n) is 1.86. The van der Waals surface area contributed by atoms with E-state index in [-0.39, 0.29) is 24.8 Å². The highest BCUT2D eigenvalue weighted by Crippen LogP contribution is 2.12. The molecule has 118 valence electrons. The Kier molecular flexibility index (Phi) is 7.79. The zero-order valence-corrected chi connectivity index (χ0v) is 13.1. The number of hydrogen-bond donors (Lipinski definition) is 3. The second kappa shape index (κ2) is 9.37. The first kappa shape index (κ1) is 17.5. The standard InChI is InChI=1S/C16H26N2O3/c1-12(2)21-11-14-7-4-8-15(10-14)18-16(20)17-13(3)6-5-9-19/h4,7-8,10,12-13,19H,5-6,9,11H2,1-3H3,(H2,17,18,20). The van der Waals surface area contributed by atoms with Gasteiger partial charge in [-0.2, -0.15) is 0 Å². The molecule has 0 heterocycles. The smallest absolute Gasteiger partial charge is 0.319 e. The fraction of sp³-hybridized carbons (Fsp3) is 0.562. The van der Waals surface area contributed by atoms with Crippen LogP contribution in [0.5, 0.6) is 0 Å². The van der Waals surface area contributed by atoms with Crippen LogP contribution in [-0.2, 0) is 11.3 Å². The normalized spacial score (nSPS) is 12.2. The highest BCUT2D eigenvalue weighted by Gasteiger charge is 2.07. The molecule has 1 aromatic carbocycles. The number of rotatable bonds is 8. The van der Waals surface area contributed by atoms with Crippen molar-refractivity contribution in [2.45, 2.75) is 52.4 Å². The van der Waals surface area contributed by atoms with Crippen LogP contribution < -0.4 is 10.6 Å². The van der Waals surface area contributed by atoms with E-state index in [9.17, 15) is 4.79 Å². The zero-order valence-electron chi connectivity index (χ0n) is 13.1. The molecule has 0 aliphatic heterocycles. The summed E-state index contributed by atoms with van der Waals surface area (Å²) in [6.45, 7) is 6.57. The van der Waals surface area contributed by atoms with Gasteiger partial charge in [-0.15, -0.1) is 0 Å². The van der Waals surface area contributed by atoms with Crippen molar-refractivity contribution in [2.75, 3.05) is 11.9 Å². The monoisotopic (exact) mass is 294 g/mol. The molecule has 0 aromatic heterocycles. The molecule has 1 atom stereocenters. The van der Waals surface area contributed by atoms with Gasteiger partial charge in [-0.3, -0.25) is 0 Å². The molecule has 1 unspecified atom stereocenters. The number of ether oxygens (including phenoxy) is 1. The Labute approximate surface area is 126 Å². The molecule has 0 aliphatic rings. The lowest BCUT2D eigenvalue weighted by Crippen LogP contribution is -2.36. The maximum Gasteiger partial charge on any atom is 0.319 e. The Bertz CT molecular complexity index is 435. The van der Waals surface area contributed by atoms with Crippen molar-refractivity contribution in [1.82, 2.24) is 5.32 Å². The van der Waals surface area contributed by atoms with Crippen molar-refractivity contribution < 1.29 is 14.6 Å². The molecule has 0 saturated carbocycles. The lowest BCUT2D eigenvalue weighted by Gasteiger charge is -2.14. The summed E-state index contributed by atoms with van der Waals surface area (Å²) in [5.74, 6) is 0. The molecule has 1 aromatic rings. The van der Waals surface area contributed by atoms with Crippen molar-refractivity contribution in [2.24, 2.45) is 0 Å². The molecular weight excluding hydrogens is 268 g/mol. The largest absolute Gasteiger partial charge is 0.396 e. The summed E-state index contributed by atoms with van der Waals surface area (Å²) in [6, 6.07) is 7.41. The minimum Gasteiger partial charge on any atom is -0.396 e. The average Bonchev–Trinajstić information content (AvgIpc) is 2.43. The third-order valence-electron chi connectivity index (χ3n) is 2.94. The van der Waals surface area contributed by atoms with Gasteiger partial charge >= 0.3 is 6.03 Å². The van der Waals surface area contributed by atoms with Crippen LogP contribution >= 0.6 is 0 Å². The van der Waals surface area contributed by atoms with Crippen molar-refractivity contribution in [3.8, 4) is 0 Å². The Morgan fingerprint density at radius 1 is 1.33 bits per heavy atom. The number of amides is 2. The Morgan fingerprint density at radius 3 is 2.76 bits per heavy atom. The maximum absolute atomic E-state index is 11.8. The van der Waals surface area contributed by atoms with Gasteiger partial charge in [0.1, 0.15) is 0 Å². The Balaban J connectivity index is 2.46. The summed E-state index contributed by atoms with van der Waals surface area (Å²) in [5.41, 5.74) is 1.77. The first-order valence-electron chi connectivity index (χ1n) is 7.40. The number of anilines is 1. The van der Waals surface area contributed by atoms with E-state index < -0.39 is 0 Å². The molecule has 0 spiro atoms. The number of aliphatic hydroxyl groups excluding tert-OH is 1. The number of carbonyl (C=O) groups excluding carboxylic acids is 1. The van der Waals surface area contributed by atoms with Gasteiger partial charge in [0.15, 0.2) is 0 Å². The van der Waals surface area contributed by atoms with Crippen LogP contribution in [0.1, 0.15) is 39.2 Å². The highest BCUT2D eigenvalue weighted by atomic mass is 16.5. The molecule has 0 radical (unpaired) electrons. The van der Waals surface area contributed by atoms with E-state index in [0.717, 1.165) is 17.7 Å². The predicted octanol–water partition coefficient (Wildman–Crippen LogP) is 2.89. The fourth-order valence-corrected chi connectivity index (χ4v) is 1.86.